The molecule has 0 atom stereocenters. The number of hydrogen-bond donors (Lipinski definition) is 1. The van der Waals surface area contributed by atoms with Gasteiger partial charge in [0.1, 0.15) is 22.1 Å². The number of sulfonamides is 1. The number of pyridine rings is 1. The summed E-state index contributed by atoms with van der Waals surface area (Å²) in [5, 5.41) is 4.58. The molecule has 1 saturated heterocycles. The molecule has 40 heavy (non-hydrogen) atoms. The first kappa shape index (κ1) is 27.9. The topological polar surface area (TPSA) is 144 Å². The van der Waals surface area contributed by atoms with Crippen LogP contribution < -0.4 is 10.3 Å². The van der Waals surface area contributed by atoms with Gasteiger partial charge in [-0.25, -0.2) is 23.4 Å². The number of aryl methyl sites for hydroxylation is 2. The molecule has 0 spiro atoms. The molecule has 5 rings (SSSR count). The Labute approximate surface area is 232 Å². The van der Waals surface area contributed by atoms with Crippen molar-refractivity contribution in [2.24, 2.45) is 7.05 Å². The average Bonchev–Trinajstić information content (AvgIpc) is 3.52. The molecule has 0 bridgehead atoms. The smallest absolute Gasteiger partial charge is 0.279 e. The molecule has 1 fully saturated rings. The molecule has 0 aliphatic carbocycles. The SMILES string of the molecule is CCCc1c2nc(-c3cc(S(=O)(=O)N4CCN(CC)CC4)cnc3OCC)[nH]c(=O)c2nn1Cc1nccn1C. The molecule has 4 aromatic rings. The molecule has 0 radical (unpaired) electrons. The summed E-state index contributed by atoms with van der Waals surface area (Å²) in [4.78, 5) is 31.8. The second-order valence-electron chi connectivity index (χ2n) is 9.72. The maximum Gasteiger partial charge on any atom is 0.279 e. The van der Waals surface area contributed by atoms with E-state index in [-0.39, 0.29) is 22.1 Å². The number of likely N-dealkylation sites (N-methyl/N-ethyl adjacent to an activating group) is 1. The predicted molar refractivity (Wildman–Crippen MR) is 150 cm³/mol. The second-order valence-corrected chi connectivity index (χ2v) is 11.7. The summed E-state index contributed by atoms with van der Waals surface area (Å²) in [5.41, 5.74) is 1.35. The zero-order valence-electron chi connectivity index (χ0n) is 23.3. The molecular weight excluding hydrogens is 534 g/mol. The number of imidazole rings is 1. The van der Waals surface area contributed by atoms with Gasteiger partial charge in [-0.1, -0.05) is 20.3 Å². The van der Waals surface area contributed by atoms with Crippen molar-refractivity contribution in [1.82, 2.24) is 43.5 Å². The summed E-state index contributed by atoms with van der Waals surface area (Å²) in [6, 6.07) is 1.49. The maximum absolute atomic E-state index is 13.5. The molecule has 0 amide bonds. The maximum atomic E-state index is 13.5. The van der Waals surface area contributed by atoms with E-state index >= 15 is 0 Å². The van der Waals surface area contributed by atoms with E-state index in [1.54, 1.807) is 10.9 Å². The van der Waals surface area contributed by atoms with Gasteiger partial charge in [-0.3, -0.25) is 9.48 Å². The number of hydrogen-bond acceptors (Lipinski definition) is 9. The standard InChI is InChI=1S/C26H35N9O4S/c1-5-8-20-22-23(31-35(20)17-21-27-9-10-32(21)4)25(36)30-24(29-22)19-15-18(16-28-26(19)39-7-3)40(37,38)34-13-11-33(6-2)12-14-34/h9-10,15-16H,5-8,11-14,17H2,1-4H3,(H,29,30,36). The summed E-state index contributed by atoms with van der Waals surface area (Å²) < 4.78 is 38.0. The molecule has 0 saturated carbocycles. The van der Waals surface area contributed by atoms with Crippen molar-refractivity contribution in [2.75, 3.05) is 39.3 Å². The number of nitrogens with zero attached hydrogens (tertiary/aromatic N) is 8. The Morgan fingerprint density at radius 2 is 1.85 bits per heavy atom. The number of ether oxygens (including phenoxy) is 1. The van der Waals surface area contributed by atoms with Crippen molar-refractivity contribution in [1.29, 1.82) is 0 Å². The van der Waals surface area contributed by atoms with E-state index in [1.807, 2.05) is 31.7 Å². The lowest BCUT2D eigenvalue weighted by Crippen LogP contribution is -2.48. The van der Waals surface area contributed by atoms with Gasteiger partial charge in [0, 0.05) is 45.6 Å². The minimum atomic E-state index is -3.81. The molecule has 14 heteroatoms. The Bertz CT molecular complexity index is 1670. The molecule has 1 aliphatic rings. The molecule has 1 N–H and O–H groups in total. The second kappa shape index (κ2) is 11.5. The van der Waals surface area contributed by atoms with Crippen LogP contribution >= 0.6 is 0 Å². The number of rotatable bonds is 10. The molecule has 1 aliphatic heterocycles. The van der Waals surface area contributed by atoms with Crippen LogP contribution in [-0.4, -0.2) is 91.2 Å². The number of aromatic amines is 1. The van der Waals surface area contributed by atoms with Crippen LogP contribution in [0, 0.1) is 0 Å². The van der Waals surface area contributed by atoms with Gasteiger partial charge in [-0.05, 0) is 26.0 Å². The first-order valence-electron chi connectivity index (χ1n) is 13.6. The van der Waals surface area contributed by atoms with Crippen LogP contribution in [0.25, 0.3) is 22.4 Å². The molecule has 13 nitrogen and oxygen atoms in total. The lowest BCUT2D eigenvalue weighted by molar-refractivity contribution is 0.196. The first-order valence-corrected chi connectivity index (χ1v) is 15.0. The molecule has 214 valence electrons. The third-order valence-electron chi connectivity index (χ3n) is 7.18. The Balaban J connectivity index is 1.60. The summed E-state index contributed by atoms with van der Waals surface area (Å²) in [6.45, 7) is 9.61. The van der Waals surface area contributed by atoms with E-state index in [4.69, 9.17) is 9.72 Å². The van der Waals surface area contributed by atoms with E-state index in [0.29, 0.717) is 56.8 Å². The van der Waals surface area contributed by atoms with Crippen molar-refractivity contribution in [3.8, 4) is 17.3 Å². The number of piperazine rings is 1. The highest BCUT2D eigenvalue weighted by atomic mass is 32.2. The summed E-state index contributed by atoms with van der Waals surface area (Å²) in [6.07, 6.45) is 6.34. The van der Waals surface area contributed by atoms with Crippen LogP contribution in [0.3, 0.4) is 0 Å². The summed E-state index contributed by atoms with van der Waals surface area (Å²) in [5.74, 6) is 1.16. The van der Waals surface area contributed by atoms with Gasteiger partial charge in [0.15, 0.2) is 5.52 Å². The van der Waals surface area contributed by atoms with E-state index in [0.717, 1.165) is 24.5 Å². The highest BCUT2D eigenvalue weighted by Crippen LogP contribution is 2.30. The molecule has 0 unspecified atom stereocenters. The van der Waals surface area contributed by atoms with Crippen LogP contribution in [-0.2, 0) is 30.0 Å². The number of fused-ring (bicyclic) bond motifs is 1. The third kappa shape index (κ3) is 5.25. The number of aromatic nitrogens is 7. The largest absolute Gasteiger partial charge is 0.477 e. The predicted octanol–water partition coefficient (Wildman–Crippen LogP) is 1.64. The zero-order valence-corrected chi connectivity index (χ0v) is 24.1. The van der Waals surface area contributed by atoms with E-state index in [2.05, 4.69) is 31.9 Å². The van der Waals surface area contributed by atoms with E-state index in [9.17, 15) is 13.2 Å². The Morgan fingerprint density at radius 3 is 2.50 bits per heavy atom. The van der Waals surface area contributed by atoms with Gasteiger partial charge in [-0.15, -0.1) is 0 Å². The fourth-order valence-electron chi connectivity index (χ4n) is 4.92. The van der Waals surface area contributed by atoms with Crippen molar-refractivity contribution in [2.45, 2.75) is 45.1 Å². The van der Waals surface area contributed by atoms with Crippen LogP contribution in [0.15, 0.2) is 34.3 Å². The van der Waals surface area contributed by atoms with Crippen LogP contribution in [0.4, 0.5) is 0 Å². The van der Waals surface area contributed by atoms with Crippen molar-refractivity contribution < 1.29 is 13.2 Å². The quantitative estimate of drug-likeness (QED) is 0.301. The fraction of sp³-hybridized carbons (Fsp3) is 0.500. The molecular formula is C26H35N9O4S. The first-order chi connectivity index (χ1) is 19.3. The third-order valence-corrected chi connectivity index (χ3v) is 9.04. The van der Waals surface area contributed by atoms with Crippen LogP contribution in [0.2, 0.25) is 0 Å². The lowest BCUT2D eigenvalue weighted by atomic mass is 10.2. The van der Waals surface area contributed by atoms with Gasteiger partial charge in [0.2, 0.25) is 15.9 Å². The van der Waals surface area contributed by atoms with Gasteiger partial charge < -0.3 is 19.2 Å². The van der Waals surface area contributed by atoms with Crippen molar-refractivity contribution in [3.63, 3.8) is 0 Å². The van der Waals surface area contributed by atoms with Gasteiger partial charge in [0.25, 0.3) is 5.56 Å². The Hall–Kier alpha value is -3.62. The molecule has 4 aromatic heterocycles. The highest BCUT2D eigenvalue weighted by Gasteiger charge is 2.30. The molecule has 5 heterocycles. The summed E-state index contributed by atoms with van der Waals surface area (Å²) >= 11 is 0. The monoisotopic (exact) mass is 569 g/mol. The lowest BCUT2D eigenvalue weighted by Gasteiger charge is -2.33. The molecule has 0 aromatic carbocycles. The van der Waals surface area contributed by atoms with E-state index < -0.39 is 15.6 Å². The highest BCUT2D eigenvalue weighted by molar-refractivity contribution is 7.89. The van der Waals surface area contributed by atoms with Crippen LogP contribution in [0.5, 0.6) is 5.88 Å². The fourth-order valence-corrected chi connectivity index (χ4v) is 6.32. The Morgan fingerprint density at radius 1 is 1.07 bits per heavy atom. The van der Waals surface area contributed by atoms with E-state index in [1.165, 1.54) is 16.6 Å². The number of nitrogens with one attached hydrogen (secondary N) is 1. The van der Waals surface area contributed by atoms with Gasteiger partial charge in [0.05, 0.1) is 30.6 Å². The van der Waals surface area contributed by atoms with Gasteiger partial charge in [-0.2, -0.15) is 9.40 Å². The minimum Gasteiger partial charge on any atom is -0.477 e. The average molecular weight is 570 g/mol. The van der Waals surface area contributed by atoms with Crippen molar-refractivity contribution in [3.05, 3.63) is 46.5 Å². The normalized spacial score (nSPS) is 15.2. The van der Waals surface area contributed by atoms with Crippen LogP contribution in [0.1, 0.15) is 38.7 Å². The Kier molecular flexibility index (Phi) is 8.01. The minimum absolute atomic E-state index is 0.0258. The zero-order chi connectivity index (χ0) is 28.4. The number of H-pyrrole nitrogens is 1. The van der Waals surface area contributed by atoms with Crippen molar-refractivity contribution >= 4 is 21.1 Å². The van der Waals surface area contributed by atoms with Gasteiger partial charge >= 0.3 is 0 Å². The summed E-state index contributed by atoms with van der Waals surface area (Å²) in [7, 11) is -1.91.